The number of amides is 2. The monoisotopic (exact) mass is 338 g/mol. The lowest BCUT2D eigenvalue weighted by molar-refractivity contribution is -0.121. The first-order chi connectivity index (χ1) is 11.9. The fraction of sp³-hybridized carbons (Fsp3) is 0.300. The summed E-state index contributed by atoms with van der Waals surface area (Å²) in [7, 11) is 1.58. The highest BCUT2D eigenvalue weighted by Crippen LogP contribution is 2.29. The summed E-state index contributed by atoms with van der Waals surface area (Å²) in [5.74, 6) is 0.257. The molecule has 5 nitrogen and oxygen atoms in total. The fourth-order valence-electron chi connectivity index (χ4n) is 3.33. The average molecular weight is 338 g/mol. The van der Waals surface area contributed by atoms with Gasteiger partial charge in [-0.25, -0.2) is 4.90 Å². The van der Waals surface area contributed by atoms with E-state index in [9.17, 15) is 9.59 Å². The first-order valence-corrected chi connectivity index (χ1v) is 8.26. The van der Waals surface area contributed by atoms with E-state index in [-0.39, 0.29) is 18.2 Å². The zero-order chi connectivity index (χ0) is 18.1. The molecule has 1 heterocycles. The summed E-state index contributed by atoms with van der Waals surface area (Å²) >= 11 is 0. The summed E-state index contributed by atoms with van der Waals surface area (Å²) in [6, 6.07) is 10.5. The second kappa shape index (κ2) is 6.59. The molecule has 1 N–H and O–H groups in total. The maximum atomic E-state index is 12.8. The van der Waals surface area contributed by atoms with Crippen LogP contribution in [0.15, 0.2) is 36.4 Å². The molecule has 2 aromatic rings. The number of aryl methyl sites for hydroxylation is 3. The van der Waals surface area contributed by atoms with E-state index < -0.39 is 6.04 Å². The van der Waals surface area contributed by atoms with Crippen LogP contribution in [-0.4, -0.2) is 25.0 Å². The van der Waals surface area contributed by atoms with Gasteiger partial charge >= 0.3 is 0 Å². The van der Waals surface area contributed by atoms with Gasteiger partial charge in [-0.15, -0.1) is 0 Å². The summed E-state index contributed by atoms with van der Waals surface area (Å²) in [6.45, 7) is 6.05. The van der Waals surface area contributed by atoms with Gasteiger partial charge in [0.1, 0.15) is 11.8 Å². The van der Waals surface area contributed by atoms with Crippen LogP contribution < -0.4 is 15.0 Å². The van der Waals surface area contributed by atoms with Gasteiger partial charge in [0.15, 0.2) is 0 Å². The highest BCUT2D eigenvalue weighted by molar-refractivity contribution is 6.23. The number of imide groups is 1. The molecule has 1 aliphatic heterocycles. The smallest absolute Gasteiger partial charge is 0.256 e. The summed E-state index contributed by atoms with van der Waals surface area (Å²) in [5, 5.41) is 3.27. The normalized spacial score (nSPS) is 17.1. The van der Waals surface area contributed by atoms with Crippen molar-refractivity contribution >= 4 is 23.2 Å². The van der Waals surface area contributed by atoms with Crippen molar-refractivity contribution in [1.29, 1.82) is 0 Å². The quantitative estimate of drug-likeness (QED) is 0.869. The number of methoxy groups -OCH3 is 1. The minimum Gasteiger partial charge on any atom is -0.497 e. The van der Waals surface area contributed by atoms with E-state index in [0.29, 0.717) is 11.4 Å². The van der Waals surface area contributed by atoms with Crippen LogP contribution in [0, 0.1) is 20.8 Å². The predicted molar refractivity (Wildman–Crippen MR) is 98.2 cm³/mol. The van der Waals surface area contributed by atoms with Crippen molar-refractivity contribution in [2.24, 2.45) is 0 Å². The van der Waals surface area contributed by atoms with Gasteiger partial charge in [-0.3, -0.25) is 9.59 Å². The van der Waals surface area contributed by atoms with Gasteiger partial charge in [0.2, 0.25) is 5.91 Å². The Bertz CT molecular complexity index is 804. The SMILES string of the molecule is COc1ccc(N2C(=O)C[C@@H](Nc3c(C)cc(C)cc3C)C2=O)cc1. The molecule has 1 atom stereocenters. The second-order valence-corrected chi connectivity index (χ2v) is 6.44. The minimum absolute atomic E-state index is 0.150. The molecule has 2 amide bonds. The van der Waals surface area contributed by atoms with Gasteiger partial charge in [0, 0.05) is 5.69 Å². The Kier molecular flexibility index (Phi) is 4.49. The van der Waals surface area contributed by atoms with Crippen LogP contribution in [0.1, 0.15) is 23.1 Å². The third-order valence-electron chi connectivity index (χ3n) is 4.47. The molecule has 0 aromatic heterocycles. The summed E-state index contributed by atoms with van der Waals surface area (Å²) in [5.41, 5.74) is 4.81. The average Bonchev–Trinajstić information content (AvgIpc) is 2.85. The molecule has 130 valence electrons. The number of ether oxygens (including phenoxy) is 1. The lowest BCUT2D eigenvalue weighted by atomic mass is 10.0. The Morgan fingerprint density at radius 1 is 1.04 bits per heavy atom. The number of nitrogens with one attached hydrogen (secondary N) is 1. The van der Waals surface area contributed by atoms with Gasteiger partial charge < -0.3 is 10.1 Å². The van der Waals surface area contributed by atoms with E-state index in [1.807, 2.05) is 20.8 Å². The van der Waals surface area contributed by atoms with Gasteiger partial charge in [0.05, 0.1) is 19.2 Å². The Hall–Kier alpha value is -2.82. The molecular formula is C20H22N2O3. The molecule has 0 saturated carbocycles. The van der Waals surface area contributed by atoms with Crippen molar-refractivity contribution in [3.63, 3.8) is 0 Å². The lowest BCUT2D eigenvalue weighted by Gasteiger charge is -2.19. The first kappa shape index (κ1) is 17.0. The van der Waals surface area contributed by atoms with E-state index in [0.717, 1.165) is 16.8 Å². The van der Waals surface area contributed by atoms with Crippen LogP contribution in [0.3, 0.4) is 0 Å². The molecule has 1 fully saturated rings. The zero-order valence-corrected chi connectivity index (χ0v) is 14.9. The van der Waals surface area contributed by atoms with Crippen LogP contribution in [0.25, 0.3) is 0 Å². The highest BCUT2D eigenvalue weighted by atomic mass is 16.5. The van der Waals surface area contributed by atoms with Crippen molar-refractivity contribution < 1.29 is 14.3 Å². The summed E-state index contributed by atoms with van der Waals surface area (Å²) < 4.78 is 5.12. The molecule has 0 aliphatic carbocycles. The van der Waals surface area contributed by atoms with Crippen LogP contribution in [0.4, 0.5) is 11.4 Å². The van der Waals surface area contributed by atoms with E-state index in [2.05, 4.69) is 17.4 Å². The molecule has 0 radical (unpaired) electrons. The van der Waals surface area contributed by atoms with Crippen molar-refractivity contribution in [2.75, 3.05) is 17.3 Å². The number of anilines is 2. The van der Waals surface area contributed by atoms with E-state index >= 15 is 0 Å². The first-order valence-electron chi connectivity index (χ1n) is 8.26. The maximum Gasteiger partial charge on any atom is 0.256 e. The number of hydrogen-bond donors (Lipinski definition) is 1. The van der Waals surface area contributed by atoms with Gasteiger partial charge in [-0.2, -0.15) is 0 Å². The number of carbonyl (C=O) groups is 2. The third kappa shape index (κ3) is 3.22. The second-order valence-electron chi connectivity index (χ2n) is 6.44. The molecule has 2 aromatic carbocycles. The van der Waals surface area contributed by atoms with Crippen LogP contribution in [0.2, 0.25) is 0 Å². The molecule has 25 heavy (non-hydrogen) atoms. The summed E-state index contributed by atoms with van der Waals surface area (Å²) in [6.07, 6.45) is 0.150. The molecule has 3 rings (SSSR count). The molecule has 1 saturated heterocycles. The maximum absolute atomic E-state index is 12.8. The van der Waals surface area contributed by atoms with Gasteiger partial charge in [-0.1, -0.05) is 17.7 Å². The van der Waals surface area contributed by atoms with Crippen molar-refractivity contribution in [3.05, 3.63) is 53.1 Å². The minimum atomic E-state index is -0.547. The standard InChI is InChI=1S/C20H22N2O3/c1-12-9-13(2)19(14(3)10-12)21-17-11-18(23)22(20(17)24)15-5-7-16(25-4)8-6-15/h5-10,17,21H,11H2,1-4H3/t17-/m1/s1. The fourth-order valence-corrected chi connectivity index (χ4v) is 3.33. The van der Waals surface area contributed by atoms with E-state index in [4.69, 9.17) is 4.74 Å². The van der Waals surface area contributed by atoms with Crippen LogP contribution in [-0.2, 0) is 9.59 Å². The molecule has 5 heteroatoms. The van der Waals surface area contributed by atoms with Crippen LogP contribution >= 0.6 is 0 Å². The predicted octanol–water partition coefficient (Wildman–Crippen LogP) is 3.36. The number of carbonyl (C=O) groups excluding carboxylic acids is 2. The third-order valence-corrected chi connectivity index (χ3v) is 4.47. The molecule has 1 aliphatic rings. The van der Waals surface area contributed by atoms with Gasteiger partial charge in [-0.05, 0) is 56.2 Å². The molecule has 0 bridgehead atoms. The topological polar surface area (TPSA) is 58.6 Å². The number of nitrogens with zero attached hydrogens (tertiary/aromatic N) is 1. The molecule has 0 unspecified atom stereocenters. The Morgan fingerprint density at radius 2 is 1.64 bits per heavy atom. The Labute approximate surface area is 147 Å². The number of rotatable bonds is 4. The van der Waals surface area contributed by atoms with Crippen molar-refractivity contribution in [2.45, 2.75) is 33.2 Å². The van der Waals surface area contributed by atoms with Crippen molar-refractivity contribution in [1.82, 2.24) is 0 Å². The summed E-state index contributed by atoms with van der Waals surface area (Å²) in [4.78, 5) is 26.4. The lowest BCUT2D eigenvalue weighted by Crippen LogP contribution is -2.35. The number of hydrogen-bond acceptors (Lipinski definition) is 4. The van der Waals surface area contributed by atoms with E-state index in [1.54, 1.807) is 31.4 Å². The Balaban J connectivity index is 1.84. The zero-order valence-electron chi connectivity index (χ0n) is 14.9. The Morgan fingerprint density at radius 3 is 2.20 bits per heavy atom. The molecular weight excluding hydrogens is 316 g/mol. The highest BCUT2D eigenvalue weighted by Gasteiger charge is 2.39. The largest absolute Gasteiger partial charge is 0.497 e. The van der Waals surface area contributed by atoms with E-state index in [1.165, 1.54) is 10.5 Å². The van der Waals surface area contributed by atoms with Crippen molar-refractivity contribution in [3.8, 4) is 5.75 Å². The van der Waals surface area contributed by atoms with Crippen LogP contribution in [0.5, 0.6) is 5.75 Å². The molecule has 0 spiro atoms. The number of benzene rings is 2. The van der Waals surface area contributed by atoms with Gasteiger partial charge in [0.25, 0.3) is 5.91 Å².